The Morgan fingerprint density at radius 3 is 2.95 bits per heavy atom. The van der Waals surface area contributed by atoms with E-state index in [0.717, 1.165) is 40.4 Å². The second-order valence-electron chi connectivity index (χ2n) is 4.79. The molecule has 7 heteroatoms. The van der Waals surface area contributed by atoms with Crippen LogP contribution < -0.4 is 5.32 Å². The first kappa shape index (κ1) is 16.6. The van der Waals surface area contributed by atoms with Gasteiger partial charge < -0.3 is 10.1 Å². The van der Waals surface area contributed by atoms with Crippen molar-refractivity contribution in [3.05, 3.63) is 32.4 Å². The Labute approximate surface area is 137 Å². The number of aryl methyl sites for hydroxylation is 1. The van der Waals surface area contributed by atoms with Crippen LogP contribution in [0.1, 0.15) is 29.4 Å². The van der Waals surface area contributed by atoms with E-state index < -0.39 is 0 Å². The molecule has 5 nitrogen and oxygen atoms in total. The number of hydrogen-bond donors (Lipinski definition) is 1. The third-order valence-electron chi connectivity index (χ3n) is 3.17. The number of thiazole rings is 1. The number of halogens is 1. The molecule has 0 fully saturated rings. The van der Waals surface area contributed by atoms with E-state index in [1.807, 2.05) is 17.8 Å². The lowest BCUT2D eigenvalue weighted by Crippen LogP contribution is -2.26. The summed E-state index contributed by atoms with van der Waals surface area (Å²) in [5.41, 5.74) is 2.24. The molecule has 1 N–H and O–H groups in total. The number of nitrogens with zero attached hydrogens (tertiary/aromatic N) is 3. The minimum absolute atomic E-state index is 0.189. The van der Waals surface area contributed by atoms with Crippen LogP contribution in [0.2, 0.25) is 0 Å². The Morgan fingerprint density at radius 1 is 1.52 bits per heavy atom. The smallest absolute Gasteiger partial charge is 0.0947 e. The van der Waals surface area contributed by atoms with Crippen molar-refractivity contribution >= 4 is 27.3 Å². The van der Waals surface area contributed by atoms with Gasteiger partial charge in [-0.05, 0) is 29.4 Å². The van der Waals surface area contributed by atoms with Crippen LogP contribution in [0, 0.1) is 6.92 Å². The van der Waals surface area contributed by atoms with E-state index in [0.29, 0.717) is 6.61 Å². The Morgan fingerprint density at radius 2 is 2.33 bits per heavy atom. The fourth-order valence-corrected chi connectivity index (χ4v) is 3.65. The Kier molecular flexibility index (Phi) is 6.35. The predicted octanol–water partition coefficient (Wildman–Crippen LogP) is 2.95. The zero-order valence-electron chi connectivity index (χ0n) is 12.6. The molecule has 0 radical (unpaired) electrons. The van der Waals surface area contributed by atoms with Gasteiger partial charge in [-0.3, -0.25) is 4.68 Å². The van der Waals surface area contributed by atoms with Gasteiger partial charge in [0.05, 0.1) is 40.6 Å². The molecular weight excluding hydrogens is 352 g/mol. The van der Waals surface area contributed by atoms with Gasteiger partial charge in [-0.2, -0.15) is 5.10 Å². The van der Waals surface area contributed by atoms with Crippen LogP contribution in [0.4, 0.5) is 0 Å². The van der Waals surface area contributed by atoms with Gasteiger partial charge in [0.25, 0.3) is 0 Å². The maximum Gasteiger partial charge on any atom is 0.0947 e. The fourth-order valence-electron chi connectivity index (χ4n) is 2.26. The zero-order chi connectivity index (χ0) is 15.2. The van der Waals surface area contributed by atoms with E-state index in [9.17, 15) is 0 Å². The number of ether oxygens (including phenoxy) is 1. The van der Waals surface area contributed by atoms with Gasteiger partial charge in [-0.1, -0.05) is 6.92 Å². The van der Waals surface area contributed by atoms with Crippen molar-refractivity contribution in [1.82, 2.24) is 20.1 Å². The molecule has 21 heavy (non-hydrogen) atoms. The van der Waals surface area contributed by atoms with E-state index >= 15 is 0 Å². The first-order chi connectivity index (χ1) is 10.2. The molecule has 0 aliphatic heterocycles. The molecule has 2 heterocycles. The van der Waals surface area contributed by atoms with Crippen molar-refractivity contribution in [3.8, 4) is 0 Å². The van der Waals surface area contributed by atoms with Gasteiger partial charge >= 0.3 is 0 Å². The van der Waals surface area contributed by atoms with Gasteiger partial charge in [0.1, 0.15) is 0 Å². The normalized spacial score (nSPS) is 12.8. The Bertz CT molecular complexity index is 569. The SMILES string of the molecule is CCNC(Cc1nc(C)cs1)c1c(Br)cnn1CCOC. The third kappa shape index (κ3) is 4.35. The van der Waals surface area contributed by atoms with Gasteiger partial charge in [0.2, 0.25) is 0 Å². The molecule has 2 aromatic rings. The van der Waals surface area contributed by atoms with Crippen LogP contribution in [-0.4, -0.2) is 35.0 Å². The van der Waals surface area contributed by atoms with Crippen LogP contribution in [-0.2, 0) is 17.7 Å². The van der Waals surface area contributed by atoms with Crippen molar-refractivity contribution in [1.29, 1.82) is 0 Å². The number of rotatable bonds is 8. The topological polar surface area (TPSA) is 52.0 Å². The first-order valence-corrected chi connectivity index (χ1v) is 8.67. The molecule has 0 saturated heterocycles. The molecule has 0 saturated carbocycles. The number of aromatic nitrogens is 3. The van der Waals surface area contributed by atoms with Crippen LogP contribution in [0.3, 0.4) is 0 Å². The third-order valence-corrected chi connectivity index (χ3v) is 4.77. The molecule has 1 unspecified atom stereocenters. The molecule has 0 aliphatic carbocycles. The lowest BCUT2D eigenvalue weighted by molar-refractivity contribution is 0.181. The van der Waals surface area contributed by atoms with Crippen LogP contribution in [0.25, 0.3) is 0 Å². The fraction of sp³-hybridized carbons (Fsp3) is 0.571. The highest BCUT2D eigenvalue weighted by Crippen LogP contribution is 2.27. The highest BCUT2D eigenvalue weighted by Gasteiger charge is 2.21. The summed E-state index contributed by atoms with van der Waals surface area (Å²) in [5, 5.41) is 11.2. The maximum atomic E-state index is 5.16. The Balaban J connectivity index is 2.22. The van der Waals surface area contributed by atoms with E-state index in [-0.39, 0.29) is 6.04 Å². The van der Waals surface area contributed by atoms with Crippen molar-refractivity contribution in [2.24, 2.45) is 0 Å². The Hall–Kier alpha value is -0.760. The molecule has 2 aromatic heterocycles. The minimum atomic E-state index is 0.189. The summed E-state index contributed by atoms with van der Waals surface area (Å²) in [4.78, 5) is 4.57. The van der Waals surface area contributed by atoms with Crippen molar-refractivity contribution < 1.29 is 4.74 Å². The van der Waals surface area contributed by atoms with Gasteiger partial charge in [0, 0.05) is 24.6 Å². The second-order valence-corrected chi connectivity index (χ2v) is 6.59. The summed E-state index contributed by atoms with van der Waals surface area (Å²) in [7, 11) is 1.71. The summed E-state index contributed by atoms with van der Waals surface area (Å²) in [5.74, 6) is 0. The standard InChI is InChI=1S/C14H21BrN4OS/c1-4-16-12(7-13-18-10(2)9-21-13)14-11(15)8-17-19(14)5-6-20-3/h8-9,12,16H,4-7H2,1-3H3. The monoisotopic (exact) mass is 372 g/mol. The predicted molar refractivity (Wildman–Crippen MR) is 88.8 cm³/mol. The molecule has 1 atom stereocenters. The van der Waals surface area contributed by atoms with Crippen molar-refractivity contribution in [2.45, 2.75) is 32.9 Å². The average molecular weight is 373 g/mol. The van der Waals surface area contributed by atoms with E-state index in [4.69, 9.17) is 4.74 Å². The number of hydrogen-bond acceptors (Lipinski definition) is 5. The highest BCUT2D eigenvalue weighted by atomic mass is 79.9. The van der Waals surface area contributed by atoms with Crippen molar-refractivity contribution in [3.63, 3.8) is 0 Å². The largest absolute Gasteiger partial charge is 0.383 e. The maximum absolute atomic E-state index is 5.16. The quantitative estimate of drug-likeness (QED) is 0.773. The summed E-state index contributed by atoms with van der Waals surface area (Å²) in [6.07, 6.45) is 2.71. The summed E-state index contributed by atoms with van der Waals surface area (Å²) < 4.78 is 8.19. The van der Waals surface area contributed by atoms with Gasteiger partial charge in [-0.25, -0.2) is 4.98 Å². The summed E-state index contributed by atoms with van der Waals surface area (Å²) in [6, 6.07) is 0.189. The first-order valence-electron chi connectivity index (χ1n) is 7.00. The minimum Gasteiger partial charge on any atom is -0.383 e. The zero-order valence-corrected chi connectivity index (χ0v) is 15.0. The number of likely N-dealkylation sites (N-methyl/N-ethyl adjacent to an activating group) is 1. The number of methoxy groups -OCH3 is 1. The average Bonchev–Trinajstić information content (AvgIpc) is 3.02. The second kappa shape index (κ2) is 8.03. The molecule has 0 spiro atoms. The van der Waals surface area contributed by atoms with Gasteiger partial charge in [0.15, 0.2) is 0 Å². The molecular formula is C14H21BrN4OS. The van der Waals surface area contributed by atoms with Crippen LogP contribution in [0.15, 0.2) is 16.0 Å². The lowest BCUT2D eigenvalue weighted by Gasteiger charge is -2.19. The lowest BCUT2D eigenvalue weighted by atomic mass is 10.1. The van der Waals surface area contributed by atoms with E-state index in [1.165, 1.54) is 0 Å². The molecule has 116 valence electrons. The molecule has 0 bridgehead atoms. The molecule has 2 rings (SSSR count). The summed E-state index contributed by atoms with van der Waals surface area (Å²) >= 11 is 5.33. The van der Waals surface area contributed by atoms with Gasteiger partial charge in [-0.15, -0.1) is 11.3 Å². The highest BCUT2D eigenvalue weighted by molar-refractivity contribution is 9.10. The van der Waals surface area contributed by atoms with Crippen LogP contribution >= 0.6 is 27.3 Å². The molecule has 0 aromatic carbocycles. The van der Waals surface area contributed by atoms with Crippen molar-refractivity contribution in [2.75, 3.05) is 20.3 Å². The molecule has 0 amide bonds. The number of nitrogens with one attached hydrogen (secondary N) is 1. The van der Waals surface area contributed by atoms with E-state index in [1.54, 1.807) is 18.4 Å². The molecule has 0 aliphatic rings. The summed E-state index contributed by atoms with van der Waals surface area (Å²) in [6.45, 7) is 6.44. The van der Waals surface area contributed by atoms with Crippen LogP contribution in [0.5, 0.6) is 0 Å². The van der Waals surface area contributed by atoms with E-state index in [2.05, 4.69) is 43.6 Å².